The first-order chi connectivity index (χ1) is 8.06. The number of hydrogen-bond acceptors (Lipinski definition) is 4. The number of thioether (sulfide) groups is 1. The van der Waals surface area contributed by atoms with Gasteiger partial charge in [-0.2, -0.15) is 0 Å². The zero-order valence-electron chi connectivity index (χ0n) is 9.83. The van der Waals surface area contributed by atoms with Crippen LogP contribution in [0.15, 0.2) is 35.4 Å². The van der Waals surface area contributed by atoms with E-state index >= 15 is 0 Å². The van der Waals surface area contributed by atoms with Gasteiger partial charge in [-0.1, -0.05) is 18.7 Å². The van der Waals surface area contributed by atoms with Crippen molar-refractivity contribution in [3.05, 3.63) is 35.4 Å². The van der Waals surface area contributed by atoms with E-state index in [1.807, 2.05) is 0 Å². The molecular formula is C11H16NO3S2-. The lowest BCUT2D eigenvalue weighted by Gasteiger charge is -2.43. The van der Waals surface area contributed by atoms with E-state index in [1.54, 1.807) is 32.1 Å². The Hall–Kier alpha value is -0.560. The maximum Gasteiger partial charge on any atom is 0.0579 e. The molecule has 1 rings (SSSR count). The summed E-state index contributed by atoms with van der Waals surface area (Å²) in [5.74, 6) is 0. The van der Waals surface area contributed by atoms with Gasteiger partial charge in [0, 0.05) is 16.2 Å². The fraction of sp³-hybridized carbons (Fsp3) is 0.455. The Balaban J connectivity index is 3.19. The van der Waals surface area contributed by atoms with Crippen LogP contribution >= 0.6 is 11.8 Å². The standard InChI is InChI=1S/C11H17NO3S2/c1-4-6-10-9(5-2)12(17(14)15)8(3)11(7-13)16-10/h4-6,8,11,13H,1,7H2,2-3H3,(H,14,15)/p-1/b9-5+,10-6+/t8-,11+/m1/s1. The van der Waals surface area contributed by atoms with Crippen molar-refractivity contribution in [2.45, 2.75) is 25.1 Å². The molecule has 0 aromatic carbocycles. The van der Waals surface area contributed by atoms with Crippen LogP contribution in [0, 0.1) is 0 Å². The van der Waals surface area contributed by atoms with Crippen molar-refractivity contribution < 1.29 is 13.9 Å². The van der Waals surface area contributed by atoms with Gasteiger partial charge >= 0.3 is 0 Å². The van der Waals surface area contributed by atoms with Crippen LogP contribution < -0.4 is 0 Å². The third kappa shape index (κ3) is 3.01. The highest BCUT2D eigenvalue weighted by Gasteiger charge is 2.33. The molecule has 17 heavy (non-hydrogen) atoms. The molecule has 0 bridgehead atoms. The van der Waals surface area contributed by atoms with E-state index in [-0.39, 0.29) is 17.9 Å². The maximum atomic E-state index is 11.3. The molecule has 0 saturated carbocycles. The quantitative estimate of drug-likeness (QED) is 0.793. The summed E-state index contributed by atoms with van der Waals surface area (Å²) in [4.78, 5) is 0.809. The zero-order chi connectivity index (χ0) is 13.0. The predicted molar refractivity (Wildman–Crippen MR) is 70.7 cm³/mol. The van der Waals surface area contributed by atoms with Crippen molar-refractivity contribution in [1.82, 2.24) is 4.31 Å². The highest BCUT2D eigenvalue weighted by Crippen LogP contribution is 2.40. The van der Waals surface area contributed by atoms with Crippen LogP contribution in [0.25, 0.3) is 0 Å². The third-order valence-electron chi connectivity index (χ3n) is 2.56. The summed E-state index contributed by atoms with van der Waals surface area (Å²) >= 11 is -0.869. The number of nitrogens with zero attached hydrogens (tertiary/aromatic N) is 1. The molecule has 0 spiro atoms. The van der Waals surface area contributed by atoms with Gasteiger partial charge in [0.25, 0.3) is 0 Å². The number of aliphatic hydroxyl groups excluding tert-OH is 1. The van der Waals surface area contributed by atoms with Crippen LogP contribution in [-0.4, -0.2) is 36.1 Å². The van der Waals surface area contributed by atoms with Crippen molar-refractivity contribution in [2.24, 2.45) is 0 Å². The Morgan fingerprint density at radius 3 is 2.76 bits per heavy atom. The smallest absolute Gasteiger partial charge is 0.0579 e. The Morgan fingerprint density at radius 1 is 1.71 bits per heavy atom. The molecule has 0 aliphatic carbocycles. The molecule has 0 aromatic rings. The van der Waals surface area contributed by atoms with Gasteiger partial charge in [-0.05, 0) is 19.9 Å². The second kappa shape index (κ2) is 6.39. The lowest BCUT2D eigenvalue weighted by atomic mass is 10.2. The summed E-state index contributed by atoms with van der Waals surface area (Å²) in [5.41, 5.74) is 0.639. The van der Waals surface area contributed by atoms with Crippen LogP contribution in [0.2, 0.25) is 0 Å². The first kappa shape index (κ1) is 14.5. The fourth-order valence-corrected chi connectivity index (χ4v) is 3.86. The molecule has 1 heterocycles. The molecule has 0 radical (unpaired) electrons. The minimum absolute atomic E-state index is 0.0645. The van der Waals surface area contributed by atoms with Gasteiger partial charge in [-0.3, -0.25) is 8.51 Å². The summed E-state index contributed by atoms with van der Waals surface area (Å²) < 4.78 is 23.9. The van der Waals surface area contributed by atoms with Gasteiger partial charge in [-0.25, -0.2) is 0 Å². The van der Waals surface area contributed by atoms with E-state index < -0.39 is 11.3 Å². The van der Waals surface area contributed by atoms with E-state index in [1.165, 1.54) is 16.1 Å². The van der Waals surface area contributed by atoms with E-state index in [0.29, 0.717) is 5.70 Å². The van der Waals surface area contributed by atoms with E-state index in [9.17, 15) is 13.9 Å². The molecule has 1 saturated heterocycles. The molecule has 1 aliphatic rings. The molecule has 4 nitrogen and oxygen atoms in total. The van der Waals surface area contributed by atoms with Crippen LogP contribution in [0.5, 0.6) is 0 Å². The van der Waals surface area contributed by atoms with Crippen molar-refractivity contribution in [3.8, 4) is 0 Å². The largest absolute Gasteiger partial charge is 0.755 e. The molecule has 0 aromatic heterocycles. The van der Waals surface area contributed by atoms with Gasteiger partial charge in [0.1, 0.15) is 0 Å². The normalized spacial score (nSPS) is 31.9. The molecule has 1 N–H and O–H groups in total. The lowest BCUT2D eigenvalue weighted by Crippen LogP contribution is -2.45. The third-order valence-corrected chi connectivity index (χ3v) is 4.85. The van der Waals surface area contributed by atoms with Gasteiger partial charge in [0.2, 0.25) is 0 Å². The lowest BCUT2D eigenvalue weighted by molar-refractivity contribution is 0.253. The van der Waals surface area contributed by atoms with Crippen LogP contribution in [0.4, 0.5) is 0 Å². The molecule has 1 fully saturated rings. The Labute approximate surface area is 109 Å². The molecule has 1 aliphatic heterocycles. The van der Waals surface area contributed by atoms with Crippen LogP contribution in [0.3, 0.4) is 0 Å². The average molecular weight is 274 g/mol. The highest BCUT2D eigenvalue weighted by atomic mass is 32.2. The Kier molecular flexibility index (Phi) is 5.45. The van der Waals surface area contributed by atoms with E-state index in [4.69, 9.17) is 0 Å². The second-order valence-electron chi connectivity index (χ2n) is 3.56. The summed E-state index contributed by atoms with van der Waals surface area (Å²) in [6, 6.07) is -0.267. The number of rotatable bonds is 3. The Morgan fingerprint density at radius 2 is 2.35 bits per heavy atom. The van der Waals surface area contributed by atoms with Crippen LogP contribution in [0.1, 0.15) is 13.8 Å². The zero-order valence-corrected chi connectivity index (χ0v) is 11.5. The Bertz CT molecular complexity index is 379. The van der Waals surface area contributed by atoms with Crippen LogP contribution in [-0.2, 0) is 11.3 Å². The topological polar surface area (TPSA) is 63.6 Å². The molecular weight excluding hydrogens is 258 g/mol. The summed E-state index contributed by atoms with van der Waals surface area (Å²) in [6.45, 7) is 7.13. The molecule has 3 atom stereocenters. The second-order valence-corrected chi connectivity index (χ2v) is 5.67. The van der Waals surface area contributed by atoms with Crippen molar-refractivity contribution in [2.75, 3.05) is 6.61 Å². The molecule has 1 unspecified atom stereocenters. The maximum absolute atomic E-state index is 11.3. The van der Waals surface area contributed by atoms with Gasteiger partial charge in [0.05, 0.1) is 23.6 Å². The van der Waals surface area contributed by atoms with E-state index in [2.05, 4.69) is 6.58 Å². The number of allylic oxidation sites excluding steroid dienone is 3. The minimum Gasteiger partial charge on any atom is -0.755 e. The summed E-state index contributed by atoms with van der Waals surface area (Å²) in [6.07, 6.45) is 5.12. The first-order valence-electron chi connectivity index (χ1n) is 5.22. The first-order valence-corrected chi connectivity index (χ1v) is 7.13. The molecule has 0 amide bonds. The predicted octanol–water partition coefficient (Wildman–Crippen LogP) is 1.55. The van der Waals surface area contributed by atoms with Gasteiger partial charge < -0.3 is 9.66 Å². The number of aliphatic hydroxyl groups is 1. The minimum atomic E-state index is -2.34. The highest BCUT2D eigenvalue weighted by molar-refractivity contribution is 8.04. The average Bonchev–Trinajstić information content (AvgIpc) is 2.30. The van der Waals surface area contributed by atoms with Crippen molar-refractivity contribution in [3.63, 3.8) is 0 Å². The fourth-order valence-electron chi connectivity index (χ4n) is 1.71. The van der Waals surface area contributed by atoms with Crippen molar-refractivity contribution in [1.29, 1.82) is 0 Å². The van der Waals surface area contributed by atoms with Gasteiger partial charge in [-0.15, -0.1) is 11.8 Å². The van der Waals surface area contributed by atoms with Crippen molar-refractivity contribution >= 4 is 23.0 Å². The SMILES string of the molecule is C=C/C=C1/S[C@@H](CO)[C@@H](C)N(S(=O)[O-])/C1=C/C. The van der Waals surface area contributed by atoms with Gasteiger partial charge in [0.15, 0.2) is 0 Å². The monoisotopic (exact) mass is 274 g/mol. The molecule has 6 heteroatoms. The molecule has 96 valence electrons. The summed E-state index contributed by atoms with van der Waals surface area (Å²) in [7, 11) is 0. The summed E-state index contributed by atoms with van der Waals surface area (Å²) in [5, 5.41) is 9.12. The van der Waals surface area contributed by atoms with E-state index in [0.717, 1.165) is 4.91 Å². The number of hydrogen-bond donors (Lipinski definition) is 1.